The van der Waals surface area contributed by atoms with Gasteiger partial charge in [0.05, 0.1) is 11.0 Å². The second-order valence-electron chi connectivity index (χ2n) is 15.6. The van der Waals surface area contributed by atoms with E-state index in [-0.39, 0.29) is 0 Å². The molecule has 0 saturated heterocycles. The van der Waals surface area contributed by atoms with Crippen molar-refractivity contribution < 1.29 is 0 Å². The van der Waals surface area contributed by atoms with Crippen molar-refractivity contribution in [3.05, 3.63) is 218 Å². The Labute approximate surface area is 352 Å². The van der Waals surface area contributed by atoms with Crippen molar-refractivity contribution in [2.45, 2.75) is 0 Å². The molecule has 10 aromatic carbocycles. The molecule has 12 rings (SSSR count). The smallest absolute Gasteiger partial charge is 0.164 e. The van der Waals surface area contributed by atoms with E-state index in [0.717, 1.165) is 44.5 Å². The lowest BCUT2D eigenvalue weighted by Crippen LogP contribution is -2.00. The van der Waals surface area contributed by atoms with Crippen LogP contribution in [0.1, 0.15) is 0 Å². The van der Waals surface area contributed by atoms with Gasteiger partial charge in [-0.3, -0.25) is 0 Å². The molecule has 0 fully saturated rings. The molecule has 0 aliphatic heterocycles. The summed E-state index contributed by atoms with van der Waals surface area (Å²) in [6, 6.07) is 77.6. The van der Waals surface area contributed by atoms with E-state index in [4.69, 9.17) is 15.0 Å². The van der Waals surface area contributed by atoms with Gasteiger partial charge in [-0.05, 0) is 84.9 Å². The third-order valence-corrected chi connectivity index (χ3v) is 12.0. The molecule has 12 aromatic rings. The van der Waals surface area contributed by atoms with Crippen LogP contribution in [0.3, 0.4) is 0 Å². The molecule has 0 amide bonds. The van der Waals surface area contributed by atoms with Gasteiger partial charge in [-0.25, -0.2) is 15.0 Å². The highest BCUT2D eigenvalue weighted by molar-refractivity contribution is 6.28. The summed E-state index contributed by atoms with van der Waals surface area (Å²) in [5.41, 5.74) is 10.9. The Balaban J connectivity index is 0.953. The molecule has 0 aliphatic carbocycles. The Morgan fingerprint density at radius 2 is 0.689 bits per heavy atom. The van der Waals surface area contributed by atoms with Crippen LogP contribution >= 0.6 is 0 Å². The molecule has 0 aliphatic rings. The lowest BCUT2D eigenvalue weighted by molar-refractivity contribution is 1.07. The highest BCUT2D eigenvalue weighted by atomic mass is 15.0. The fraction of sp³-hybridized carbons (Fsp3) is 0. The minimum Gasteiger partial charge on any atom is -0.309 e. The zero-order chi connectivity index (χ0) is 40.3. The molecular formula is C57H36N4. The number of hydrogen-bond donors (Lipinski definition) is 0. The van der Waals surface area contributed by atoms with Gasteiger partial charge in [-0.1, -0.05) is 188 Å². The third-order valence-electron chi connectivity index (χ3n) is 12.0. The van der Waals surface area contributed by atoms with E-state index >= 15 is 0 Å². The van der Waals surface area contributed by atoms with Gasteiger partial charge in [0.1, 0.15) is 0 Å². The minimum atomic E-state index is 0.630. The largest absolute Gasteiger partial charge is 0.309 e. The Bertz CT molecular complexity index is 3530. The highest BCUT2D eigenvalue weighted by Crippen LogP contribution is 2.41. The molecule has 61 heavy (non-hydrogen) atoms. The zero-order valence-corrected chi connectivity index (χ0v) is 33.1. The van der Waals surface area contributed by atoms with Crippen LogP contribution in [-0.4, -0.2) is 19.5 Å². The predicted octanol–water partition coefficient (Wildman–Crippen LogP) is 14.8. The molecule has 0 N–H and O–H groups in total. The van der Waals surface area contributed by atoms with E-state index in [9.17, 15) is 0 Å². The third kappa shape index (κ3) is 6.04. The van der Waals surface area contributed by atoms with Crippen molar-refractivity contribution in [2.75, 3.05) is 0 Å². The van der Waals surface area contributed by atoms with Crippen LogP contribution in [0.5, 0.6) is 0 Å². The molecule has 284 valence electrons. The molecule has 0 unspecified atom stereocenters. The Morgan fingerprint density at radius 3 is 1.30 bits per heavy atom. The highest BCUT2D eigenvalue weighted by Gasteiger charge is 2.18. The van der Waals surface area contributed by atoms with Crippen LogP contribution < -0.4 is 0 Å². The minimum absolute atomic E-state index is 0.630. The van der Waals surface area contributed by atoms with Gasteiger partial charge in [0.2, 0.25) is 0 Å². The standard InChI is InChI=1S/C57H36N4/c1-2-11-37(12-3-1)39-21-26-43(27-22-39)55-58-56(60-57(59-55)47-30-25-38-13-4-5-16-45(38)35-47)44-28-23-40(24-29-44)46-17-10-18-48(36-46)61-51-33-31-41-14-6-8-19-49(41)53(51)54-50-20-9-7-15-42(50)32-34-52(54)61/h1-36H. The van der Waals surface area contributed by atoms with Crippen molar-refractivity contribution >= 4 is 54.1 Å². The average Bonchev–Trinajstić information content (AvgIpc) is 3.70. The van der Waals surface area contributed by atoms with Crippen molar-refractivity contribution in [1.29, 1.82) is 0 Å². The van der Waals surface area contributed by atoms with Gasteiger partial charge in [-0.15, -0.1) is 0 Å². The van der Waals surface area contributed by atoms with Gasteiger partial charge in [-0.2, -0.15) is 0 Å². The Hall–Kier alpha value is -8.21. The van der Waals surface area contributed by atoms with E-state index in [0.29, 0.717) is 17.5 Å². The first-order chi connectivity index (χ1) is 30.2. The Morgan fingerprint density at radius 1 is 0.262 bits per heavy atom. The van der Waals surface area contributed by atoms with Crippen LogP contribution in [-0.2, 0) is 0 Å². The van der Waals surface area contributed by atoms with Crippen molar-refractivity contribution in [3.8, 4) is 62.1 Å². The van der Waals surface area contributed by atoms with Crippen LogP contribution in [0.25, 0.3) is 116 Å². The van der Waals surface area contributed by atoms with Gasteiger partial charge >= 0.3 is 0 Å². The zero-order valence-electron chi connectivity index (χ0n) is 33.1. The molecule has 0 bridgehead atoms. The molecule has 0 spiro atoms. The molecule has 0 atom stereocenters. The molecule has 4 nitrogen and oxygen atoms in total. The molecule has 4 heteroatoms. The van der Waals surface area contributed by atoms with E-state index in [1.165, 1.54) is 54.3 Å². The number of hydrogen-bond acceptors (Lipinski definition) is 3. The maximum Gasteiger partial charge on any atom is 0.164 e. The van der Waals surface area contributed by atoms with E-state index in [2.05, 4.69) is 217 Å². The summed E-state index contributed by atoms with van der Waals surface area (Å²) in [6.07, 6.45) is 0. The first-order valence-corrected chi connectivity index (χ1v) is 20.7. The normalized spacial score (nSPS) is 11.6. The van der Waals surface area contributed by atoms with Crippen LogP contribution in [0.15, 0.2) is 218 Å². The Kier molecular flexibility index (Phi) is 8.13. The topological polar surface area (TPSA) is 43.6 Å². The quantitative estimate of drug-likeness (QED) is 0.169. The maximum atomic E-state index is 5.10. The van der Waals surface area contributed by atoms with Gasteiger partial charge < -0.3 is 4.57 Å². The van der Waals surface area contributed by atoms with Gasteiger partial charge in [0.15, 0.2) is 17.5 Å². The number of fused-ring (bicyclic) bond motifs is 8. The van der Waals surface area contributed by atoms with E-state index < -0.39 is 0 Å². The SMILES string of the molecule is c1ccc(-c2ccc(-c3nc(-c4ccc(-c5cccc(-n6c7ccc8ccccc8c7c7c8ccccc8ccc76)c5)cc4)nc(-c4ccc5ccccc5c4)n3)cc2)cc1. The monoisotopic (exact) mass is 776 g/mol. The second-order valence-corrected chi connectivity index (χ2v) is 15.6. The fourth-order valence-corrected chi connectivity index (χ4v) is 9.00. The summed E-state index contributed by atoms with van der Waals surface area (Å²) >= 11 is 0. The summed E-state index contributed by atoms with van der Waals surface area (Å²) in [5.74, 6) is 1.91. The first kappa shape index (κ1) is 34.8. The molecule has 0 saturated carbocycles. The number of aromatic nitrogens is 4. The number of benzene rings is 10. The van der Waals surface area contributed by atoms with Crippen molar-refractivity contribution in [3.63, 3.8) is 0 Å². The summed E-state index contributed by atoms with van der Waals surface area (Å²) in [5, 5.41) is 9.90. The number of rotatable bonds is 6. The van der Waals surface area contributed by atoms with Crippen LogP contribution in [0.4, 0.5) is 0 Å². The lowest BCUT2D eigenvalue weighted by Gasteiger charge is -2.12. The second kappa shape index (κ2) is 14.3. The molecule has 2 aromatic heterocycles. The summed E-state index contributed by atoms with van der Waals surface area (Å²) < 4.78 is 2.43. The molecule has 0 radical (unpaired) electrons. The summed E-state index contributed by atoms with van der Waals surface area (Å²) in [6.45, 7) is 0. The first-order valence-electron chi connectivity index (χ1n) is 20.7. The van der Waals surface area contributed by atoms with Crippen LogP contribution in [0, 0.1) is 0 Å². The van der Waals surface area contributed by atoms with Crippen LogP contribution in [0.2, 0.25) is 0 Å². The predicted molar refractivity (Wildman–Crippen MR) is 254 cm³/mol. The molecular weight excluding hydrogens is 741 g/mol. The lowest BCUT2D eigenvalue weighted by atomic mass is 10.00. The van der Waals surface area contributed by atoms with E-state index in [1.54, 1.807) is 0 Å². The van der Waals surface area contributed by atoms with Gasteiger partial charge in [0.25, 0.3) is 0 Å². The molecule has 2 heterocycles. The van der Waals surface area contributed by atoms with Crippen molar-refractivity contribution in [1.82, 2.24) is 19.5 Å². The maximum absolute atomic E-state index is 5.10. The fourth-order valence-electron chi connectivity index (χ4n) is 9.00. The summed E-state index contributed by atoms with van der Waals surface area (Å²) in [7, 11) is 0. The number of nitrogens with zero attached hydrogens (tertiary/aromatic N) is 4. The van der Waals surface area contributed by atoms with E-state index in [1.807, 2.05) is 6.07 Å². The summed E-state index contributed by atoms with van der Waals surface area (Å²) in [4.78, 5) is 15.2. The van der Waals surface area contributed by atoms with Crippen molar-refractivity contribution in [2.24, 2.45) is 0 Å². The van der Waals surface area contributed by atoms with Gasteiger partial charge in [0, 0.05) is 33.2 Å². The average molecular weight is 777 g/mol.